The zero-order valence-electron chi connectivity index (χ0n) is 16.2. The Morgan fingerprint density at radius 2 is 1.74 bits per heavy atom. The molecule has 2 rings (SSSR count). The second kappa shape index (κ2) is 10.4. The van der Waals surface area contributed by atoms with E-state index in [1.807, 2.05) is 38.1 Å². The first-order chi connectivity index (χ1) is 13.1. The minimum absolute atomic E-state index is 0.188. The molecule has 2 aromatic carbocycles. The van der Waals surface area contributed by atoms with Gasteiger partial charge in [-0.05, 0) is 43.5 Å². The van der Waals surface area contributed by atoms with Gasteiger partial charge in [-0.1, -0.05) is 50.6 Å². The van der Waals surface area contributed by atoms with Crippen LogP contribution in [0, 0.1) is 6.92 Å². The second-order valence-electron chi connectivity index (χ2n) is 6.42. The van der Waals surface area contributed by atoms with Crippen molar-refractivity contribution in [2.45, 2.75) is 46.1 Å². The van der Waals surface area contributed by atoms with Gasteiger partial charge in [-0.25, -0.2) is 0 Å². The third kappa shape index (κ3) is 5.84. The number of carbonyl (C=O) groups excluding carboxylic acids is 2. The fourth-order valence-electron chi connectivity index (χ4n) is 2.64. The lowest BCUT2D eigenvalue weighted by Gasteiger charge is -2.19. The van der Waals surface area contributed by atoms with Crippen LogP contribution in [0.3, 0.4) is 0 Å². The van der Waals surface area contributed by atoms with Gasteiger partial charge in [-0.2, -0.15) is 0 Å². The Morgan fingerprint density at radius 1 is 1.04 bits per heavy atom. The van der Waals surface area contributed by atoms with Crippen molar-refractivity contribution in [3.05, 3.63) is 59.7 Å². The molecule has 0 bridgehead atoms. The van der Waals surface area contributed by atoms with Crippen LogP contribution in [0.15, 0.2) is 48.5 Å². The van der Waals surface area contributed by atoms with E-state index >= 15 is 0 Å². The van der Waals surface area contributed by atoms with Crippen molar-refractivity contribution in [3.63, 3.8) is 0 Å². The van der Waals surface area contributed by atoms with Crippen molar-refractivity contribution in [1.29, 1.82) is 0 Å². The fraction of sp³-hybridized carbons (Fsp3) is 0.364. The number of amides is 2. The van der Waals surface area contributed by atoms with E-state index in [1.165, 1.54) is 0 Å². The summed E-state index contributed by atoms with van der Waals surface area (Å²) >= 11 is 0. The van der Waals surface area contributed by atoms with Gasteiger partial charge < -0.3 is 15.4 Å². The Balaban J connectivity index is 2.09. The number of nitrogens with one attached hydrogen (secondary N) is 2. The van der Waals surface area contributed by atoms with Gasteiger partial charge in [0.15, 0.2) is 6.10 Å². The Kier molecular flexibility index (Phi) is 7.86. The molecule has 2 N–H and O–H groups in total. The number of hydrogen-bond acceptors (Lipinski definition) is 3. The number of hydrogen-bond donors (Lipinski definition) is 2. The van der Waals surface area contributed by atoms with Crippen LogP contribution >= 0.6 is 0 Å². The quantitative estimate of drug-likeness (QED) is 0.648. The lowest BCUT2D eigenvalue weighted by atomic mass is 10.1. The van der Waals surface area contributed by atoms with Crippen LogP contribution in [0.4, 0.5) is 5.69 Å². The van der Waals surface area contributed by atoms with Crippen LogP contribution < -0.4 is 15.4 Å². The Labute approximate surface area is 161 Å². The van der Waals surface area contributed by atoms with Gasteiger partial charge >= 0.3 is 0 Å². The standard InChI is InChI=1S/C22H28N2O3/c1-4-6-15-23-21(25)17-12-8-9-13-18(17)24-22(26)19(5-2)27-20-14-10-7-11-16(20)3/h7-14,19H,4-6,15H2,1-3H3,(H,23,25)(H,24,26). The number of aryl methyl sites for hydroxylation is 1. The minimum Gasteiger partial charge on any atom is -0.480 e. The van der Waals surface area contributed by atoms with E-state index in [0.717, 1.165) is 18.4 Å². The lowest BCUT2D eigenvalue weighted by Crippen LogP contribution is -2.33. The molecule has 1 unspecified atom stereocenters. The first-order valence-electron chi connectivity index (χ1n) is 9.47. The molecule has 1 atom stereocenters. The summed E-state index contributed by atoms with van der Waals surface area (Å²) in [6.45, 7) is 6.52. The number of para-hydroxylation sites is 2. The molecule has 0 spiro atoms. The molecule has 0 saturated carbocycles. The van der Waals surface area contributed by atoms with Gasteiger partial charge in [0.25, 0.3) is 11.8 Å². The maximum Gasteiger partial charge on any atom is 0.265 e. The predicted octanol–water partition coefficient (Wildman–Crippen LogP) is 4.32. The maximum atomic E-state index is 12.7. The summed E-state index contributed by atoms with van der Waals surface area (Å²) in [5.74, 6) is 0.229. The van der Waals surface area contributed by atoms with E-state index in [1.54, 1.807) is 24.3 Å². The molecule has 144 valence electrons. The topological polar surface area (TPSA) is 67.4 Å². The van der Waals surface area contributed by atoms with Crippen LogP contribution in [0.5, 0.6) is 5.75 Å². The largest absolute Gasteiger partial charge is 0.480 e. The molecule has 2 amide bonds. The summed E-state index contributed by atoms with van der Waals surface area (Å²) in [5, 5.41) is 5.73. The Hall–Kier alpha value is -2.82. The number of rotatable bonds is 9. The average Bonchev–Trinajstić information content (AvgIpc) is 2.67. The number of ether oxygens (including phenoxy) is 1. The van der Waals surface area contributed by atoms with Crippen molar-refractivity contribution < 1.29 is 14.3 Å². The van der Waals surface area contributed by atoms with Crippen LogP contribution in [0.2, 0.25) is 0 Å². The molecule has 0 heterocycles. The van der Waals surface area contributed by atoms with Gasteiger partial charge in [-0.15, -0.1) is 0 Å². The molecule has 27 heavy (non-hydrogen) atoms. The van der Waals surface area contributed by atoms with Gasteiger partial charge in [0, 0.05) is 6.54 Å². The Bertz CT molecular complexity index is 774. The first kappa shape index (κ1) is 20.5. The van der Waals surface area contributed by atoms with E-state index in [9.17, 15) is 9.59 Å². The van der Waals surface area contributed by atoms with Crippen LogP contribution in [-0.4, -0.2) is 24.5 Å². The van der Waals surface area contributed by atoms with Crippen LogP contribution in [-0.2, 0) is 4.79 Å². The summed E-state index contributed by atoms with van der Waals surface area (Å²) < 4.78 is 5.90. The molecule has 0 aromatic heterocycles. The third-order valence-electron chi connectivity index (χ3n) is 4.27. The molecule has 5 heteroatoms. The van der Waals surface area contributed by atoms with Gasteiger partial charge in [0.1, 0.15) is 5.75 Å². The van der Waals surface area contributed by atoms with Crippen molar-refractivity contribution in [3.8, 4) is 5.75 Å². The summed E-state index contributed by atoms with van der Waals surface area (Å²) in [6, 6.07) is 14.6. The number of benzene rings is 2. The third-order valence-corrected chi connectivity index (χ3v) is 4.27. The number of carbonyl (C=O) groups is 2. The molecule has 5 nitrogen and oxygen atoms in total. The van der Waals surface area contributed by atoms with E-state index < -0.39 is 6.10 Å². The summed E-state index contributed by atoms with van der Waals surface area (Å²) in [6.07, 6.45) is 1.81. The smallest absolute Gasteiger partial charge is 0.265 e. The van der Waals surface area contributed by atoms with Crippen LogP contribution in [0.25, 0.3) is 0 Å². The first-order valence-corrected chi connectivity index (χ1v) is 9.47. The molecule has 2 aromatic rings. The monoisotopic (exact) mass is 368 g/mol. The zero-order chi connectivity index (χ0) is 19.6. The van der Waals surface area contributed by atoms with Crippen molar-refractivity contribution in [1.82, 2.24) is 5.32 Å². The molecular formula is C22H28N2O3. The van der Waals surface area contributed by atoms with Gasteiger partial charge in [-0.3, -0.25) is 9.59 Å². The lowest BCUT2D eigenvalue weighted by molar-refractivity contribution is -0.122. The van der Waals surface area contributed by atoms with E-state index in [-0.39, 0.29) is 11.8 Å². The van der Waals surface area contributed by atoms with Crippen molar-refractivity contribution >= 4 is 17.5 Å². The highest BCUT2D eigenvalue weighted by Gasteiger charge is 2.21. The van der Waals surface area contributed by atoms with Gasteiger partial charge in [0.2, 0.25) is 0 Å². The zero-order valence-corrected chi connectivity index (χ0v) is 16.2. The summed E-state index contributed by atoms with van der Waals surface area (Å²) in [7, 11) is 0. The van der Waals surface area contributed by atoms with E-state index in [4.69, 9.17) is 4.74 Å². The molecule has 0 radical (unpaired) electrons. The summed E-state index contributed by atoms with van der Waals surface area (Å²) in [5.41, 5.74) is 1.91. The summed E-state index contributed by atoms with van der Waals surface area (Å²) in [4.78, 5) is 25.1. The van der Waals surface area contributed by atoms with Gasteiger partial charge in [0.05, 0.1) is 11.3 Å². The highest BCUT2D eigenvalue weighted by Crippen LogP contribution is 2.21. The minimum atomic E-state index is -0.637. The number of anilines is 1. The molecule has 0 aliphatic heterocycles. The molecule has 0 fully saturated rings. The fourth-order valence-corrected chi connectivity index (χ4v) is 2.64. The van der Waals surface area contributed by atoms with Crippen molar-refractivity contribution in [2.75, 3.05) is 11.9 Å². The van der Waals surface area contributed by atoms with Crippen molar-refractivity contribution in [2.24, 2.45) is 0 Å². The molecule has 0 aliphatic rings. The molecule has 0 aliphatic carbocycles. The predicted molar refractivity (Wildman–Crippen MR) is 108 cm³/mol. The SMILES string of the molecule is CCCCNC(=O)c1ccccc1NC(=O)C(CC)Oc1ccccc1C. The highest BCUT2D eigenvalue weighted by atomic mass is 16.5. The number of unbranched alkanes of at least 4 members (excludes halogenated alkanes) is 1. The van der Waals surface area contributed by atoms with E-state index in [0.29, 0.717) is 30.0 Å². The molecular weight excluding hydrogens is 340 g/mol. The highest BCUT2D eigenvalue weighted by molar-refractivity contribution is 6.04. The maximum absolute atomic E-state index is 12.7. The average molecular weight is 368 g/mol. The van der Waals surface area contributed by atoms with Crippen LogP contribution in [0.1, 0.15) is 49.0 Å². The second-order valence-corrected chi connectivity index (χ2v) is 6.42. The van der Waals surface area contributed by atoms with E-state index in [2.05, 4.69) is 17.6 Å². The normalized spacial score (nSPS) is 11.5. The molecule has 0 saturated heterocycles. The Morgan fingerprint density at radius 3 is 2.44 bits per heavy atom.